The summed E-state index contributed by atoms with van der Waals surface area (Å²) < 4.78 is 14.6. The van der Waals surface area contributed by atoms with Crippen molar-refractivity contribution in [3.05, 3.63) is 40.0 Å². The molecule has 0 saturated heterocycles. The van der Waals surface area contributed by atoms with Crippen LogP contribution in [0.25, 0.3) is 5.69 Å². The third-order valence-corrected chi connectivity index (χ3v) is 2.09. The van der Waals surface area contributed by atoms with Crippen LogP contribution in [0.2, 0.25) is 0 Å². The van der Waals surface area contributed by atoms with Crippen LogP contribution in [0, 0.1) is 15.9 Å². The van der Waals surface area contributed by atoms with Gasteiger partial charge in [0.15, 0.2) is 5.82 Å². The smallest absolute Gasteiger partial charge is 0.271 e. The van der Waals surface area contributed by atoms with Crippen LogP contribution in [-0.4, -0.2) is 25.1 Å². The summed E-state index contributed by atoms with van der Waals surface area (Å²) in [6.45, 7) is -0.00483. The molecule has 88 valence electrons. The minimum atomic E-state index is -0.669. The van der Waals surface area contributed by atoms with Gasteiger partial charge in [-0.05, 0) is 16.5 Å². The van der Waals surface area contributed by atoms with Gasteiger partial charge in [0.2, 0.25) is 0 Å². The van der Waals surface area contributed by atoms with Gasteiger partial charge in [0.05, 0.1) is 11.5 Å². The molecule has 0 amide bonds. The molecule has 0 aliphatic rings. The Balaban J connectivity index is 2.58. The van der Waals surface area contributed by atoms with Gasteiger partial charge in [-0.2, -0.15) is 4.68 Å². The molecule has 9 heteroatoms. The lowest BCUT2D eigenvalue weighted by Gasteiger charge is -2.03. The average molecular weight is 238 g/mol. The number of nitrogens with two attached hydrogens (primary N) is 1. The molecule has 0 radical (unpaired) electrons. The van der Waals surface area contributed by atoms with Crippen LogP contribution in [-0.2, 0) is 6.54 Å². The first-order valence-electron chi connectivity index (χ1n) is 4.55. The van der Waals surface area contributed by atoms with Crippen molar-refractivity contribution in [2.24, 2.45) is 5.73 Å². The van der Waals surface area contributed by atoms with E-state index in [2.05, 4.69) is 15.5 Å². The van der Waals surface area contributed by atoms with E-state index in [1.54, 1.807) is 0 Å². The second kappa shape index (κ2) is 4.22. The van der Waals surface area contributed by atoms with Crippen LogP contribution in [0.4, 0.5) is 10.1 Å². The fraction of sp³-hybridized carbons (Fsp3) is 0.125. The normalized spacial score (nSPS) is 10.5. The molecule has 0 saturated carbocycles. The molecule has 1 heterocycles. The maximum atomic E-state index is 13.5. The molecular weight excluding hydrogens is 231 g/mol. The van der Waals surface area contributed by atoms with Crippen LogP contribution in [0.1, 0.15) is 5.82 Å². The van der Waals surface area contributed by atoms with E-state index in [0.717, 1.165) is 22.9 Å². The second-order valence-corrected chi connectivity index (χ2v) is 3.10. The molecule has 1 aromatic heterocycles. The van der Waals surface area contributed by atoms with E-state index in [0.29, 0.717) is 0 Å². The summed E-state index contributed by atoms with van der Waals surface area (Å²) in [5.41, 5.74) is 5.00. The summed E-state index contributed by atoms with van der Waals surface area (Å²) in [6, 6.07) is 3.09. The number of benzene rings is 1. The summed E-state index contributed by atoms with van der Waals surface area (Å²) >= 11 is 0. The predicted molar refractivity (Wildman–Crippen MR) is 53.7 cm³/mol. The van der Waals surface area contributed by atoms with Gasteiger partial charge in [-0.25, -0.2) is 4.39 Å². The number of hydrogen-bond acceptors (Lipinski definition) is 6. The Morgan fingerprint density at radius 2 is 2.29 bits per heavy atom. The second-order valence-electron chi connectivity index (χ2n) is 3.10. The Bertz CT molecular complexity index is 569. The lowest BCUT2D eigenvalue weighted by Crippen LogP contribution is -2.09. The summed E-state index contributed by atoms with van der Waals surface area (Å²) in [4.78, 5) is 9.96. The minimum Gasteiger partial charge on any atom is -0.324 e. The Morgan fingerprint density at radius 3 is 2.94 bits per heavy atom. The summed E-state index contributed by atoms with van der Waals surface area (Å²) in [5.74, 6) is -0.456. The maximum Gasteiger partial charge on any atom is 0.271 e. The zero-order valence-corrected chi connectivity index (χ0v) is 8.45. The summed E-state index contributed by atoms with van der Waals surface area (Å²) in [6.07, 6.45) is 0. The van der Waals surface area contributed by atoms with Crippen molar-refractivity contribution in [2.45, 2.75) is 6.54 Å². The van der Waals surface area contributed by atoms with Crippen LogP contribution < -0.4 is 5.73 Å². The summed E-state index contributed by atoms with van der Waals surface area (Å²) in [5, 5.41) is 21.0. The maximum absolute atomic E-state index is 13.5. The fourth-order valence-electron chi connectivity index (χ4n) is 1.30. The molecule has 1 aromatic carbocycles. The van der Waals surface area contributed by atoms with Crippen LogP contribution in [0.5, 0.6) is 0 Å². The minimum absolute atomic E-state index is 0.00483. The van der Waals surface area contributed by atoms with E-state index in [4.69, 9.17) is 5.73 Å². The number of aromatic nitrogens is 4. The predicted octanol–water partition coefficient (Wildman–Crippen LogP) is 0.168. The van der Waals surface area contributed by atoms with E-state index in [-0.39, 0.29) is 23.7 Å². The number of non-ortho nitro benzene ring substituents is 1. The number of nitro benzene ring substituents is 1. The van der Waals surface area contributed by atoms with Crippen LogP contribution in [0.3, 0.4) is 0 Å². The van der Waals surface area contributed by atoms with Crippen molar-refractivity contribution in [3.8, 4) is 5.69 Å². The Morgan fingerprint density at radius 1 is 1.53 bits per heavy atom. The average Bonchev–Trinajstić information content (AvgIpc) is 2.77. The van der Waals surface area contributed by atoms with Crippen LogP contribution >= 0.6 is 0 Å². The highest BCUT2D eigenvalue weighted by Gasteiger charge is 2.15. The first kappa shape index (κ1) is 11.1. The van der Waals surface area contributed by atoms with Crippen LogP contribution in [0.15, 0.2) is 18.2 Å². The third kappa shape index (κ3) is 1.95. The molecule has 2 aromatic rings. The number of tetrazole rings is 1. The number of nitrogens with zero attached hydrogens (tertiary/aromatic N) is 5. The SMILES string of the molecule is NCc1nnnn1-c1cc([N+](=O)[O-])ccc1F. The molecule has 0 spiro atoms. The standard InChI is InChI=1S/C8H7FN6O2/c9-6-2-1-5(15(16)17)3-7(6)14-8(4-10)11-12-13-14/h1-3H,4,10H2. The van der Waals surface area contributed by atoms with E-state index in [1.807, 2.05) is 0 Å². The molecule has 0 bridgehead atoms. The quantitative estimate of drug-likeness (QED) is 0.602. The first-order chi connectivity index (χ1) is 8.13. The van der Waals surface area contributed by atoms with Gasteiger partial charge in [-0.15, -0.1) is 5.10 Å². The number of hydrogen-bond donors (Lipinski definition) is 1. The third-order valence-electron chi connectivity index (χ3n) is 2.09. The van der Waals surface area contributed by atoms with E-state index < -0.39 is 10.7 Å². The molecule has 17 heavy (non-hydrogen) atoms. The van der Waals surface area contributed by atoms with Gasteiger partial charge in [0, 0.05) is 12.1 Å². The molecule has 2 N–H and O–H groups in total. The zero-order chi connectivity index (χ0) is 12.4. The molecule has 2 rings (SSSR count). The largest absolute Gasteiger partial charge is 0.324 e. The monoisotopic (exact) mass is 238 g/mol. The Kier molecular flexibility index (Phi) is 2.75. The molecule has 0 aliphatic carbocycles. The van der Waals surface area contributed by atoms with Crippen molar-refractivity contribution in [1.29, 1.82) is 0 Å². The Labute approximate surface area is 94.0 Å². The van der Waals surface area contributed by atoms with Crippen molar-refractivity contribution in [1.82, 2.24) is 20.2 Å². The van der Waals surface area contributed by atoms with Crippen molar-refractivity contribution < 1.29 is 9.31 Å². The molecule has 0 aliphatic heterocycles. The van der Waals surface area contributed by atoms with Gasteiger partial charge >= 0.3 is 0 Å². The summed E-state index contributed by atoms with van der Waals surface area (Å²) in [7, 11) is 0. The highest BCUT2D eigenvalue weighted by molar-refractivity contribution is 5.44. The number of rotatable bonds is 3. The molecule has 8 nitrogen and oxygen atoms in total. The highest BCUT2D eigenvalue weighted by atomic mass is 19.1. The fourth-order valence-corrected chi connectivity index (χ4v) is 1.30. The van der Waals surface area contributed by atoms with E-state index in [1.165, 1.54) is 0 Å². The molecule has 0 fully saturated rings. The lowest BCUT2D eigenvalue weighted by molar-refractivity contribution is -0.384. The van der Waals surface area contributed by atoms with Crippen molar-refractivity contribution >= 4 is 5.69 Å². The zero-order valence-electron chi connectivity index (χ0n) is 8.45. The molecule has 0 unspecified atom stereocenters. The lowest BCUT2D eigenvalue weighted by atomic mass is 10.2. The number of halogens is 1. The van der Waals surface area contributed by atoms with Gasteiger partial charge in [0.25, 0.3) is 5.69 Å². The van der Waals surface area contributed by atoms with E-state index >= 15 is 0 Å². The van der Waals surface area contributed by atoms with Gasteiger partial charge in [-0.1, -0.05) is 0 Å². The Hall–Kier alpha value is -2.42. The van der Waals surface area contributed by atoms with Crippen molar-refractivity contribution in [3.63, 3.8) is 0 Å². The highest BCUT2D eigenvalue weighted by Crippen LogP contribution is 2.20. The first-order valence-corrected chi connectivity index (χ1v) is 4.55. The topological polar surface area (TPSA) is 113 Å². The van der Waals surface area contributed by atoms with Gasteiger partial charge in [-0.3, -0.25) is 10.1 Å². The van der Waals surface area contributed by atoms with Gasteiger partial charge < -0.3 is 5.73 Å². The number of nitro groups is 1. The molecule has 0 atom stereocenters. The molecular formula is C8H7FN6O2. The van der Waals surface area contributed by atoms with E-state index in [9.17, 15) is 14.5 Å². The van der Waals surface area contributed by atoms with Crippen molar-refractivity contribution in [2.75, 3.05) is 0 Å². The van der Waals surface area contributed by atoms with Gasteiger partial charge in [0.1, 0.15) is 11.5 Å².